The highest BCUT2D eigenvalue weighted by molar-refractivity contribution is 6.02. The number of nitrogens with one attached hydrogen (secondary N) is 2. The Labute approximate surface area is 269 Å². The van der Waals surface area contributed by atoms with Gasteiger partial charge in [0, 0.05) is 41.6 Å². The fourth-order valence-electron chi connectivity index (χ4n) is 6.93. The summed E-state index contributed by atoms with van der Waals surface area (Å²) in [6, 6.07) is 18.5. The highest BCUT2D eigenvalue weighted by Gasteiger charge is 2.30. The van der Waals surface area contributed by atoms with Crippen LogP contribution in [0.4, 0.5) is 0 Å². The highest BCUT2D eigenvalue weighted by atomic mass is 16.5. The van der Waals surface area contributed by atoms with Gasteiger partial charge < -0.3 is 29.4 Å². The van der Waals surface area contributed by atoms with Gasteiger partial charge in [0.2, 0.25) is 5.91 Å². The summed E-state index contributed by atoms with van der Waals surface area (Å²) >= 11 is 0. The van der Waals surface area contributed by atoms with Crippen LogP contribution in [0.1, 0.15) is 65.1 Å². The van der Waals surface area contributed by atoms with Gasteiger partial charge in [0.25, 0.3) is 5.91 Å². The number of benzene rings is 3. The summed E-state index contributed by atoms with van der Waals surface area (Å²) in [5, 5.41) is 6.82. The van der Waals surface area contributed by atoms with E-state index in [-0.39, 0.29) is 24.2 Å². The molecule has 1 aliphatic heterocycles. The molecule has 3 aromatic carbocycles. The fraction of sp³-hybridized carbons (Fsp3) is 0.378. The Bertz CT molecular complexity index is 1750. The number of methoxy groups -OCH3 is 2. The second-order valence-electron chi connectivity index (χ2n) is 12.1. The van der Waals surface area contributed by atoms with Gasteiger partial charge in [-0.1, -0.05) is 49.6 Å². The number of hydrogen-bond donors (Lipinski definition) is 2. The van der Waals surface area contributed by atoms with Gasteiger partial charge in [-0.05, 0) is 59.7 Å². The van der Waals surface area contributed by atoms with Crippen LogP contribution in [0.3, 0.4) is 0 Å². The molecule has 4 aromatic rings. The molecule has 0 radical (unpaired) electrons. The van der Waals surface area contributed by atoms with E-state index in [2.05, 4.69) is 27.3 Å². The summed E-state index contributed by atoms with van der Waals surface area (Å²) in [7, 11) is 4.58. The van der Waals surface area contributed by atoms with Crippen molar-refractivity contribution in [2.45, 2.75) is 63.5 Å². The van der Waals surface area contributed by atoms with Crippen LogP contribution in [0.15, 0.2) is 60.7 Å². The number of nitrogens with zero attached hydrogens (tertiary/aromatic N) is 1. The largest absolute Gasteiger partial charge is 0.497 e. The number of esters is 1. The Morgan fingerprint density at radius 2 is 1.72 bits per heavy atom. The van der Waals surface area contributed by atoms with Crippen LogP contribution in [-0.4, -0.2) is 56.3 Å². The molecule has 1 atom stereocenters. The van der Waals surface area contributed by atoms with Gasteiger partial charge in [-0.2, -0.15) is 0 Å². The summed E-state index contributed by atoms with van der Waals surface area (Å²) < 4.78 is 18.8. The van der Waals surface area contributed by atoms with Crippen molar-refractivity contribution in [1.29, 1.82) is 0 Å². The van der Waals surface area contributed by atoms with E-state index in [0.717, 1.165) is 57.6 Å². The van der Waals surface area contributed by atoms with Gasteiger partial charge in [0.15, 0.2) is 0 Å². The number of aromatic nitrogens is 1. The molecule has 0 saturated heterocycles. The molecule has 6 rings (SSSR count). The average Bonchev–Trinajstić information content (AvgIpc) is 3.29. The number of amides is 2. The molecular formula is C37H41N3O6. The number of rotatable bonds is 9. The Kier molecular flexibility index (Phi) is 9.28. The summed E-state index contributed by atoms with van der Waals surface area (Å²) in [6.45, 7) is 1.14. The van der Waals surface area contributed by atoms with Gasteiger partial charge in [0.1, 0.15) is 24.1 Å². The lowest BCUT2D eigenvalue weighted by molar-refractivity contribution is -0.139. The van der Waals surface area contributed by atoms with Crippen LogP contribution in [0.2, 0.25) is 0 Å². The molecule has 240 valence electrons. The van der Waals surface area contributed by atoms with E-state index in [4.69, 9.17) is 14.2 Å². The highest BCUT2D eigenvalue weighted by Crippen LogP contribution is 2.47. The van der Waals surface area contributed by atoms with Gasteiger partial charge in [-0.3, -0.25) is 14.4 Å². The standard InChI is InChI=1S/C37H41N3O6/c1-38-37(43)30(19-23-9-11-24(12-10-23)20-33(41)45-3)39-36(42)26-13-15-28-31(21-26)40-17-18-46-32-22-27(44-2)14-16-29(32)35(40)34(28)25-7-5-4-6-8-25/h9-16,21-22,25,30H,4-8,17-20H2,1-3H3,(H,38,43)(H,39,42)/t30-/m0/s1. The third-order valence-corrected chi connectivity index (χ3v) is 9.30. The molecule has 2 heterocycles. The molecule has 2 aliphatic rings. The topological polar surface area (TPSA) is 108 Å². The number of fused-ring (bicyclic) bond motifs is 5. The van der Waals surface area contributed by atoms with E-state index in [1.54, 1.807) is 14.2 Å². The van der Waals surface area contributed by atoms with E-state index in [1.165, 1.54) is 31.9 Å². The second-order valence-corrected chi connectivity index (χ2v) is 12.1. The predicted octanol–water partition coefficient (Wildman–Crippen LogP) is 5.56. The Hall–Kier alpha value is -4.79. The Morgan fingerprint density at radius 3 is 2.43 bits per heavy atom. The monoisotopic (exact) mass is 623 g/mol. The van der Waals surface area contributed by atoms with Crippen molar-refractivity contribution in [2.24, 2.45) is 0 Å². The van der Waals surface area contributed by atoms with Gasteiger partial charge >= 0.3 is 5.97 Å². The first-order valence-corrected chi connectivity index (χ1v) is 16.0. The molecule has 1 aromatic heterocycles. The zero-order valence-corrected chi connectivity index (χ0v) is 26.7. The molecule has 1 fully saturated rings. The third kappa shape index (κ3) is 6.32. The number of ether oxygens (including phenoxy) is 3. The predicted molar refractivity (Wildman–Crippen MR) is 176 cm³/mol. The zero-order chi connectivity index (χ0) is 32.2. The first-order valence-electron chi connectivity index (χ1n) is 16.0. The van der Waals surface area contributed by atoms with E-state index < -0.39 is 6.04 Å². The van der Waals surface area contributed by atoms with Gasteiger partial charge in [-0.25, -0.2) is 0 Å². The summed E-state index contributed by atoms with van der Waals surface area (Å²) in [6.07, 6.45) is 6.42. The first kappa shape index (κ1) is 31.2. The molecular weight excluding hydrogens is 582 g/mol. The average molecular weight is 624 g/mol. The maximum atomic E-state index is 13.7. The molecule has 9 heteroatoms. The number of likely N-dealkylation sites (N-methyl/N-ethyl adjacent to an activating group) is 1. The third-order valence-electron chi connectivity index (χ3n) is 9.30. The normalized spacial score (nSPS) is 15.1. The van der Waals surface area contributed by atoms with E-state index in [9.17, 15) is 14.4 Å². The molecule has 46 heavy (non-hydrogen) atoms. The molecule has 0 unspecified atom stereocenters. The van der Waals surface area contributed by atoms with Gasteiger partial charge in [0.05, 0.1) is 32.9 Å². The van der Waals surface area contributed by atoms with Crippen LogP contribution in [0.25, 0.3) is 22.2 Å². The minimum absolute atomic E-state index is 0.173. The van der Waals surface area contributed by atoms with Crippen molar-refractivity contribution in [3.8, 4) is 22.8 Å². The van der Waals surface area contributed by atoms with E-state index >= 15 is 0 Å². The minimum Gasteiger partial charge on any atom is -0.497 e. The molecule has 9 nitrogen and oxygen atoms in total. The SMILES string of the molecule is CNC(=O)[C@H](Cc1ccc(CC(=O)OC)cc1)NC(=O)c1ccc2c(C3CCCCC3)c3n(c2c1)CCOc1cc(OC)ccc1-3. The van der Waals surface area contributed by atoms with Crippen molar-refractivity contribution in [2.75, 3.05) is 27.9 Å². The molecule has 1 saturated carbocycles. The fourth-order valence-corrected chi connectivity index (χ4v) is 6.93. The second kappa shape index (κ2) is 13.7. The first-order chi connectivity index (χ1) is 22.4. The quantitative estimate of drug-likeness (QED) is 0.237. The number of carbonyl (C=O) groups is 3. The Morgan fingerprint density at radius 1 is 0.957 bits per heavy atom. The smallest absolute Gasteiger partial charge is 0.309 e. The van der Waals surface area contributed by atoms with Gasteiger partial charge in [-0.15, -0.1) is 0 Å². The van der Waals surface area contributed by atoms with Crippen LogP contribution in [-0.2, 0) is 33.7 Å². The lowest BCUT2D eigenvalue weighted by atomic mass is 9.81. The lowest BCUT2D eigenvalue weighted by Gasteiger charge is -2.23. The number of carbonyl (C=O) groups excluding carboxylic acids is 3. The Balaban J connectivity index is 1.33. The molecule has 0 bridgehead atoms. The van der Waals surface area contributed by atoms with Crippen molar-refractivity contribution < 1.29 is 28.6 Å². The lowest BCUT2D eigenvalue weighted by Crippen LogP contribution is -2.47. The van der Waals surface area contributed by atoms with Crippen LogP contribution in [0.5, 0.6) is 11.5 Å². The van der Waals surface area contributed by atoms with E-state index in [0.29, 0.717) is 31.1 Å². The molecule has 2 amide bonds. The number of hydrogen-bond acceptors (Lipinski definition) is 6. The maximum absolute atomic E-state index is 13.7. The maximum Gasteiger partial charge on any atom is 0.309 e. The summed E-state index contributed by atoms with van der Waals surface area (Å²) in [4.78, 5) is 38.3. The molecule has 0 spiro atoms. The molecule has 1 aliphatic carbocycles. The van der Waals surface area contributed by atoms with Crippen molar-refractivity contribution >= 4 is 28.7 Å². The summed E-state index contributed by atoms with van der Waals surface area (Å²) in [5.74, 6) is 1.07. The van der Waals surface area contributed by atoms with Crippen molar-refractivity contribution in [1.82, 2.24) is 15.2 Å². The summed E-state index contributed by atoms with van der Waals surface area (Å²) in [5.41, 5.74) is 6.70. The van der Waals surface area contributed by atoms with E-state index in [1.807, 2.05) is 48.5 Å². The minimum atomic E-state index is -0.780. The van der Waals surface area contributed by atoms with Crippen LogP contribution >= 0.6 is 0 Å². The van der Waals surface area contributed by atoms with Crippen molar-refractivity contribution in [3.63, 3.8) is 0 Å². The van der Waals surface area contributed by atoms with Crippen LogP contribution < -0.4 is 20.1 Å². The van der Waals surface area contributed by atoms with Crippen molar-refractivity contribution in [3.05, 3.63) is 82.9 Å². The van der Waals surface area contributed by atoms with Crippen LogP contribution in [0, 0.1) is 0 Å². The molecule has 2 N–H and O–H groups in total. The zero-order valence-electron chi connectivity index (χ0n) is 26.7.